The molecule has 0 aromatic rings. The van der Waals surface area contributed by atoms with Crippen molar-refractivity contribution in [1.29, 1.82) is 0 Å². The van der Waals surface area contributed by atoms with Gasteiger partial charge < -0.3 is 5.11 Å². The summed E-state index contributed by atoms with van der Waals surface area (Å²) in [6.45, 7) is 8.10. The van der Waals surface area contributed by atoms with Gasteiger partial charge in [0.2, 0.25) is 0 Å². The molecule has 0 aliphatic carbocycles. The van der Waals surface area contributed by atoms with Gasteiger partial charge in [-0.1, -0.05) is 35.5 Å². The van der Waals surface area contributed by atoms with Crippen LogP contribution in [0.5, 0.6) is 0 Å². The average Bonchev–Trinajstić information content (AvgIpc) is 2.02. The van der Waals surface area contributed by atoms with Gasteiger partial charge in [-0.15, -0.1) is 0 Å². The monoisotopic (exact) mass is 194 g/mol. The van der Waals surface area contributed by atoms with Gasteiger partial charge in [0.05, 0.1) is 6.10 Å². The third kappa shape index (κ3) is 9.27. The number of allylic oxidation sites excluding steroid dienone is 5. The molecule has 1 N–H and O–H groups in total. The summed E-state index contributed by atoms with van der Waals surface area (Å²) < 4.78 is 0. The van der Waals surface area contributed by atoms with E-state index in [1.54, 1.807) is 13.0 Å². The number of hydrogen-bond acceptors (Lipinski definition) is 1. The topological polar surface area (TPSA) is 20.2 Å². The van der Waals surface area contributed by atoms with E-state index in [4.69, 9.17) is 5.11 Å². The van der Waals surface area contributed by atoms with E-state index in [-0.39, 0.29) is 6.10 Å². The van der Waals surface area contributed by atoms with E-state index in [2.05, 4.69) is 32.9 Å². The highest BCUT2D eigenvalue weighted by atomic mass is 16.3. The minimum Gasteiger partial charge on any atom is -0.389 e. The number of aliphatic hydroxyl groups is 1. The van der Waals surface area contributed by atoms with Crippen molar-refractivity contribution in [3.63, 3.8) is 0 Å². The summed E-state index contributed by atoms with van der Waals surface area (Å²) >= 11 is 0. The second-order valence-corrected chi connectivity index (χ2v) is 3.96. The molecule has 1 heteroatoms. The molecule has 0 aliphatic heterocycles. The molecule has 0 saturated heterocycles. The molecule has 1 unspecified atom stereocenters. The van der Waals surface area contributed by atoms with Gasteiger partial charge in [0.1, 0.15) is 0 Å². The van der Waals surface area contributed by atoms with Gasteiger partial charge in [0.15, 0.2) is 0 Å². The van der Waals surface area contributed by atoms with Crippen LogP contribution in [0.25, 0.3) is 0 Å². The summed E-state index contributed by atoms with van der Waals surface area (Å²) in [7, 11) is 0. The van der Waals surface area contributed by atoms with E-state index in [1.807, 2.05) is 6.08 Å². The Morgan fingerprint density at radius 2 is 1.93 bits per heavy atom. The van der Waals surface area contributed by atoms with Crippen molar-refractivity contribution in [2.45, 2.75) is 46.6 Å². The lowest BCUT2D eigenvalue weighted by molar-refractivity contribution is 0.244. The molecular weight excluding hydrogens is 172 g/mol. The van der Waals surface area contributed by atoms with E-state index in [9.17, 15) is 0 Å². The lowest BCUT2D eigenvalue weighted by Crippen LogP contribution is -1.90. The fourth-order valence-corrected chi connectivity index (χ4v) is 1.05. The Kier molecular flexibility index (Phi) is 7.13. The Bertz CT molecular complexity index is 228. The van der Waals surface area contributed by atoms with Crippen LogP contribution in [0.1, 0.15) is 40.5 Å². The zero-order chi connectivity index (χ0) is 11.0. The molecule has 0 spiro atoms. The Labute approximate surface area is 87.8 Å². The second-order valence-electron chi connectivity index (χ2n) is 3.96. The fourth-order valence-electron chi connectivity index (χ4n) is 1.05. The molecule has 0 saturated carbocycles. The standard InChI is InChI=1S/C13H22O/c1-11(2)7-5-8-12(3)9-6-10-13(4)14/h6-7,9-10,13-14H,5,8H2,1-4H3/b10-6+,12-9+. The van der Waals surface area contributed by atoms with Gasteiger partial charge in [-0.2, -0.15) is 0 Å². The Hall–Kier alpha value is -0.820. The van der Waals surface area contributed by atoms with Gasteiger partial charge in [0, 0.05) is 0 Å². The van der Waals surface area contributed by atoms with E-state index in [0.717, 1.165) is 12.8 Å². The third-order valence-corrected chi connectivity index (χ3v) is 1.86. The van der Waals surface area contributed by atoms with Gasteiger partial charge >= 0.3 is 0 Å². The van der Waals surface area contributed by atoms with Crippen molar-refractivity contribution in [2.75, 3.05) is 0 Å². The van der Waals surface area contributed by atoms with E-state index in [0.29, 0.717) is 0 Å². The smallest absolute Gasteiger partial charge is 0.0695 e. The summed E-state index contributed by atoms with van der Waals surface area (Å²) in [6.07, 6.45) is 9.85. The van der Waals surface area contributed by atoms with Crippen molar-refractivity contribution in [2.24, 2.45) is 0 Å². The molecule has 80 valence electrons. The van der Waals surface area contributed by atoms with E-state index >= 15 is 0 Å². The van der Waals surface area contributed by atoms with Crippen LogP contribution in [0, 0.1) is 0 Å². The zero-order valence-electron chi connectivity index (χ0n) is 9.75. The summed E-state index contributed by atoms with van der Waals surface area (Å²) in [5.41, 5.74) is 2.72. The molecule has 0 radical (unpaired) electrons. The predicted molar refractivity (Wildman–Crippen MR) is 63.2 cm³/mol. The average molecular weight is 194 g/mol. The molecular formula is C13H22O. The quantitative estimate of drug-likeness (QED) is 0.523. The van der Waals surface area contributed by atoms with Gasteiger partial charge in [-0.05, 0) is 40.5 Å². The summed E-state index contributed by atoms with van der Waals surface area (Å²) in [4.78, 5) is 0. The van der Waals surface area contributed by atoms with E-state index < -0.39 is 0 Å². The Morgan fingerprint density at radius 1 is 1.29 bits per heavy atom. The molecule has 0 bridgehead atoms. The Morgan fingerprint density at radius 3 is 2.43 bits per heavy atom. The number of rotatable bonds is 5. The highest BCUT2D eigenvalue weighted by molar-refractivity contribution is 5.12. The van der Waals surface area contributed by atoms with Crippen LogP contribution < -0.4 is 0 Å². The largest absolute Gasteiger partial charge is 0.389 e. The summed E-state index contributed by atoms with van der Waals surface area (Å²) in [5, 5.41) is 8.99. The number of hydrogen-bond donors (Lipinski definition) is 1. The lowest BCUT2D eigenvalue weighted by atomic mass is 10.1. The molecule has 0 amide bonds. The predicted octanol–water partition coefficient (Wildman–Crippen LogP) is 3.62. The summed E-state index contributed by atoms with van der Waals surface area (Å²) in [6, 6.07) is 0. The SMILES string of the molecule is CC(C)=CCC/C(C)=C/C=C/C(C)O. The third-order valence-electron chi connectivity index (χ3n) is 1.86. The maximum atomic E-state index is 8.99. The van der Waals surface area contributed by atoms with Crippen LogP contribution in [-0.2, 0) is 0 Å². The first kappa shape index (κ1) is 13.2. The van der Waals surface area contributed by atoms with Crippen LogP contribution in [0.4, 0.5) is 0 Å². The molecule has 1 nitrogen and oxygen atoms in total. The first-order valence-corrected chi connectivity index (χ1v) is 5.17. The zero-order valence-corrected chi connectivity index (χ0v) is 9.75. The van der Waals surface area contributed by atoms with Crippen molar-refractivity contribution < 1.29 is 5.11 Å². The van der Waals surface area contributed by atoms with E-state index in [1.165, 1.54) is 11.1 Å². The van der Waals surface area contributed by atoms with Crippen molar-refractivity contribution in [3.05, 3.63) is 35.5 Å². The second kappa shape index (κ2) is 7.57. The normalized spacial score (nSPS) is 14.5. The molecule has 14 heavy (non-hydrogen) atoms. The Balaban J connectivity index is 3.84. The summed E-state index contributed by atoms with van der Waals surface area (Å²) in [5.74, 6) is 0. The van der Waals surface area contributed by atoms with Crippen LogP contribution in [0.2, 0.25) is 0 Å². The number of aliphatic hydroxyl groups excluding tert-OH is 1. The first-order chi connectivity index (χ1) is 6.52. The first-order valence-electron chi connectivity index (χ1n) is 5.17. The van der Waals surface area contributed by atoms with Crippen LogP contribution in [0.3, 0.4) is 0 Å². The molecule has 0 heterocycles. The minimum absolute atomic E-state index is 0.350. The lowest BCUT2D eigenvalue weighted by Gasteiger charge is -1.97. The van der Waals surface area contributed by atoms with Crippen LogP contribution in [-0.4, -0.2) is 11.2 Å². The van der Waals surface area contributed by atoms with Crippen molar-refractivity contribution in [1.82, 2.24) is 0 Å². The van der Waals surface area contributed by atoms with Crippen molar-refractivity contribution in [3.8, 4) is 0 Å². The maximum absolute atomic E-state index is 8.99. The maximum Gasteiger partial charge on any atom is 0.0695 e. The molecule has 0 aliphatic rings. The van der Waals surface area contributed by atoms with Crippen LogP contribution >= 0.6 is 0 Å². The molecule has 0 aromatic carbocycles. The molecule has 0 fully saturated rings. The molecule has 1 atom stereocenters. The minimum atomic E-state index is -0.350. The van der Waals surface area contributed by atoms with Gasteiger partial charge in [-0.3, -0.25) is 0 Å². The van der Waals surface area contributed by atoms with Crippen LogP contribution in [0.15, 0.2) is 35.5 Å². The molecule has 0 aromatic heterocycles. The molecule has 0 rings (SSSR count). The van der Waals surface area contributed by atoms with Gasteiger partial charge in [0.25, 0.3) is 0 Å². The van der Waals surface area contributed by atoms with Crippen molar-refractivity contribution >= 4 is 0 Å². The highest BCUT2D eigenvalue weighted by Gasteiger charge is 1.87. The van der Waals surface area contributed by atoms with Gasteiger partial charge in [-0.25, -0.2) is 0 Å². The fraction of sp³-hybridized carbons (Fsp3) is 0.538. The highest BCUT2D eigenvalue weighted by Crippen LogP contribution is 2.06.